The number of carbonyl (C=O) groups is 3. The Balaban J connectivity index is 1.67. The van der Waals surface area contributed by atoms with Crippen molar-refractivity contribution in [1.82, 2.24) is 0 Å². The van der Waals surface area contributed by atoms with Gasteiger partial charge in [-0.1, -0.05) is 59.6 Å². The summed E-state index contributed by atoms with van der Waals surface area (Å²) in [5, 5.41) is 11.4. The van der Waals surface area contributed by atoms with E-state index in [9.17, 15) is 37.7 Å². The molecule has 0 atom stereocenters. The first kappa shape index (κ1) is 30.3. The molecule has 1 fully saturated rings. The number of nitro groups is 1. The summed E-state index contributed by atoms with van der Waals surface area (Å²) in [6.45, 7) is 0. The van der Waals surface area contributed by atoms with Crippen LogP contribution in [0.15, 0.2) is 96.6 Å². The summed E-state index contributed by atoms with van der Waals surface area (Å²) in [6.07, 6.45) is -3.84. The van der Waals surface area contributed by atoms with Crippen LogP contribution in [0.5, 0.6) is 11.5 Å². The summed E-state index contributed by atoms with van der Waals surface area (Å²) >= 11 is 12.5. The molecule has 14 heteroatoms. The van der Waals surface area contributed by atoms with Crippen LogP contribution in [0.1, 0.15) is 11.1 Å². The van der Waals surface area contributed by atoms with E-state index in [2.05, 4.69) is 0 Å². The third-order valence-corrected chi connectivity index (χ3v) is 6.81. The topological polar surface area (TPSA) is 110 Å². The average molecular weight is 642 g/mol. The summed E-state index contributed by atoms with van der Waals surface area (Å²) in [7, 11) is 0. The second-order valence-electron chi connectivity index (χ2n) is 9.14. The van der Waals surface area contributed by atoms with Crippen LogP contribution in [0, 0.1) is 10.1 Å². The van der Waals surface area contributed by atoms with Crippen molar-refractivity contribution in [1.29, 1.82) is 0 Å². The first-order valence-corrected chi connectivity index (χ1v) is 13.2. The van der Waals surface area contributed by atoms with Gasteiger partial charge in [0.25, 0.3) is 11.8 Å². The number of urea groups is 1. The van der Waals surface area contributed by atoms with E-state index in [0.29, 0.717) is 12.1 Å². The molecule has 5 rings (SSSR count). The number of hydrogen-bond donors (Lipinski definition) is 0. The molecule has 1 saturated heterocycles. The number of halogens is 5. The number of hydrogen-bond acceptors (Lipinski definition) is 6. The minimum Gasteiger partial charge on any atom is -0.448 e. The molecule has 4 aromatic carbocycles. The minimum absolute atomic E-state index is 0.00253. The molecule has 222 valence electrons. The fraction of sp³-hybridized carbons (Fsp3) is 0.0333. The van der Waals surface area contributed by atoms with Crippen molar-refractivity contribution in [3.63, 3.8) is 0 Å². The number of rotatable bonds is 6. The largest absolute Gasteiger partial charge is 0.448 e. The molecular weight excluding hydrogens is 626 g/mol. The third kappa shape index (κ3) is 5.85. The van der Waals surface area contributed by atoms with Gasteiger partial charge in [-0.05, 0) is 54.6 Å². The van der Waals surface area contributed by atoms with Crippen LogP contribution in [0.2, 0.25) is 10.0 Å². The van der Waals surface area contributed by atoms with E-state index in [4.69, 9.17) is 27.9 Å². The van der Waals surface area contributed by atoms with E-state index < -0.39 is 51.5 Å². The molecule has 0 aromatic heterocycles. The van der Waals surface area contributed by atoms with Crippen LogP contribution < -0.4 is 14.5 Å². The molecule has 0 aliphatic carbocycles. The predicted octanol–water partition coefficient (Wildman–Crippen LogP) is 8.30. The second kappa shape index (κ2) is 11.8. The fourth-order valence-electron chi connectivity index (χ4n) is 4.32. The molecule has 9 nitrogen and oxygen atoms in total. The van der Waals surface area contributed by atoms with Gasteiger partial charge in [-0.2, -0.15) is 13.2 Å². The summed E-state index contributed by atoms with van der Waals surface area (Å²) < 4.78 is 45.3. The Bertz CT molecular complexity index is 1790. The van der Waals surface area contributed by atoms with E-state index in [1.54, 1.807) is 36.4 Å². The van der Waals surface area contributed by atoms with Gasteiger partial charge in [-0.25, -0.2) is 14.6 Å². The van der Waals surface area contributed by atoms with E-state index in [1.165, 1.54) is 36.4 Å². The predicted molar refractivity (Wildman–Crippen MR) is 156 cm³/mol. The zero-order valence-corrected chi connectivity index (χ0v) is 23.4. The van der Waals surface area contributed by atoms with E-state index >= 15 is 0 Å². The SMILES string of the molecule is O=C1C(=Cc2cc(Cl)cc(Cl)c2Oc2ccc(C(F)(F)F)cc2[N+](=O)[O-])C(=O)N(c2ccccc2)C(=O)N1c1ccccc1. The van der Waals surface area contributed by atoms with Gasteiger partial charge in [-0.15, -0.1) is 0 Å². The molecule has 44 heavy (non-hydrogen) atoms. The van der Waals surface area contributed by atoms with E-state index in [-0.39, 0.29) is 32.7 Å². The van der Waals surface area contributed by atoms with Gasteiger partial charge in [0, 0.05) is 16.7 Å². The van der Waals surface area contributed by atoms with Gasteiger partial charge in [0.2, 0.25) is 5.75 Å². The van der Waals surface area contributed by atoms with Crippen LogP contribution in [0.4, 0.5) is 35.0 Å². The van der Waals surface area contributed by atoms with Crippen molar-refractivity contribution >= 4 is 64.2 Å². The molecule has 4 amide bonds. The number of carbonyl (C=O) groups excluding carboxylic acids is 3. The number of nitro benzene ring substituents is 1. The fourth-order valence-corrected chi connectivity index (χ4v) is 4.87. The number of imide groups is 2. The van der Waals surface area contributed by atoms with Crippen LogP contribution in [-0.2, 0) is 15.8 Å². The first-order valence-electron chi connectivity index (χ1n) is 12.4. The van der Waals surface area contributed by atoms with Crippen molar-refractivity contribution in [2.24, 2.45) is 0 Å². The van der Waals surface area contributed by atoms with Gasteiger partial charge in [0.15, 0.2) is 5.75 Å². The number of barbiturate groups is 1. The molecule has 1 aliphatic rings. The number of anilines is 2. The maximum Gasteiger partial charge on any atom is 0.416 e. The van der Waals surface area contributed by atoms with Gasteiger partial charge in [0.05, 0.1) is 26.9 Å². The Kier molecular flexibility index (Phi) is 8.13. The standard InChI is InChI=1S/C30H16Cl2F3N3O6/c31-19-13-17(26(23(32)16-19)44-25-12-11-18(30(33,34)35)15-24(25)38(42)43)14-22-27(39)36(20-7-3-1-4-8-20)29(41)37(28(22)40)21-9-5-2-6-10-21/h1-16H. The van der Waals surface area contributed by atoms with Gasteiger partial charge >= 0.3 is 17.9 Å². The van der Waals surface area contributed by atoms with Crippen LogP contribution >= 0.6 is 23.2 Å². The molecule has 0 unspecified atom stereocenters. The highest BCUT2D eigenvalue weighted by molar-refractivity contribution is 6.46. The molecule has 0 radical (unpaired) electrons. The molecule has 0 N–H and O–H groups in total. The monoisotopic (exact) mass is 641 g/mol. The molecular formula is C30H16Cl2F3N3O6. The van der Waals surface area contributed by atoms with Crippen LogP contribution in [0.3, 0.4) is 0 Å². The quantitative estimate of drug-likeness (QED) is 0.0906. The number of ether oxygens (including phenoxy) is 1. The summed E-state index contributed by atoms with van der Waals surface area (Å²) in [5.74, 6) is -3.00. The van der Waals surface area contributed by atoms with E-state index in [1.807, 2.05) is 0 Å². The summed E-state index contributed by atoms with van der Waals surface area (Å²) in [6, 6.07) is 18.7. The maximum atomic E-state index is 13.7. The van der Waals surface area contributed by atoms with Gasteiger partial charge in [-0.3, -0.25) is 19.7 Å². The lowest BCUT2D eigenvalue weighted by Gasteiger charge is -2.34. The Morgan fingerprint density at radius 1 is 0.795 bits per heavy atom. The van der Waals surface area contributed by atoms with Gasteiger partial charge < -0.3 is 4.74 Å². The van der Waals surface area contributed by atoms with Crippen molar-refractivity contribution in [2.75, 3.05) is 9.80 Å². The van der Waals surface area contributed by atoms with E-state index in [0.717, 1.165) is 21.9 Å². The highest BCUT2D eigenvalue weighted by Crippen LogP contribution is 2.42. The lowest BCUT2D eigenvalue weighted by Crippen LogP contribution is -2.57. The lowest BCUT2D eigenvalue weighted by atomic mass is 10.0. The summed E-state index contributed by atoms with van der Waals surface area (Å²) in [4.78, 5) is 53.1. The average Bonchev–Trinajstić information content (AvgIpc) is 2.97. The second-order valence-corrected chi connectivity index (χ2v) is 9.98. The first-order chi connectivity index (χ1) is 20.9. The molecule has 1 aliphatic heterocycles. The molecule has 0 bridgehead atoms. The third-order valence-electron chi connectivity index (χ3n) is 6.31. The number of alkyl halides is 3. The summed E-state index contributed by atoms with van der Waals surface area (Å²) in [5.41, 5.74) is -2.67. The smallest absolute Gasteiger partial charge is 0.416 e. The normalized spacial score (nSPS) is 13.8. The Morgan fingerprint density at radius 2 is 1.34 bits per heavy atom. The molecule has 0 spiro atoms. The van der Waals surface area contributed by atoms with Gasteiger partial charge in [0.1, 0.15) is 5.57 Å². The minimum atomic E-state index is -4.87. The van der Waals surface area contributed by atoms with Crippen molar-refractivity contribution in [3.05, 3.63) is 128 Å². The Labute approximate surface area is 256 Å². The number of para-hydroxylation sites is 2. The van der Waals surface area contributed by atoms with Crippen LogP contribution in [0.25, 0.3) is 6.08 Å². The highest BCUT2D eigenvalue weighted by atomic mass is 35.5. The lowest BCUT2D eigenvalue weighted by molar-refractivity contribution is -0.385. The van der Waals surface area contributed by atoms with Crippen molar-refractivity contribution < 1.29 is 37.2 Å². The Hall–Kier alpha value is -5.20. The number of benzene rings is 4. The zero-order chi connectivity index (χ0) is 31.8. The maximum absolute atomic E-state index is 13.7. The molecule has 0 saturated carbocycles. The zero-order valence-electron chi connectivity index (χ0n) is 21.9. The molecule has 4 aromatic rings. The van der Waals surface area contributed by atoms with Crippen molar-refractivity contribution in [2.45, 2.75) is 6.18 Å². The number of nitrogens with zero attached hydrogens (tertiary/aromatic N) is 3. The van der Waals surface area contributed by atoms with Crippen LogP contribution in [-0.4, -0.2) is 22.8 Å². The van der Waals surface area contributed by atoms with Crippen molar-refractivity contribution in [3.8, 4) is 11.5 Å². The molecule has 1 heterocycles. The Morgan fingerprint density at radius 3 is 1.84 bits per heavy atom. The number of amides is 4. The highest BCUT2D eigenvalue weighted by Gasteiger charge is 2.44.